The minimum absolute atomic E-state index is 0.0972. The van der Waals surface area contributed by atoms with Crippen molar-refractivity contribution in [2.45, 2.75) is 6.92 Å². The topological polar surface area (TPSA) is 96.2 Å². The minimum Gasteiger partial charge on any atom is -0.381 e. The van der Waals surface area contributed by atoms with E-state index in [2.05, 4.69) is 16.0 Å². The second kappa shape index (κ2) is 7.27. The molecule has 0 bridgehead atoms. The van der Waals surface area contributed by atoms with Crippen LogP contribution in [0.3, 0.4) is 0 Å². The van der Waals surface area contributed by atoms with E-state index in [4.69, 9.17) is 5.73 Å². The van der Waals surface area contributed by atoms with Crippen LogP contribution in [0.25, 0.3) is 0 Å². The van der Waals surface area contributed by atoms with Crippen molar-refractivity contribution < 1.29 is 18.4 Å². The summed E-state index contributed by atoms with van der Waals surface area (Å²) in [7, 11) is 0. The van der Waals surface area contributed by atoms with Gasteiger partial charge in [-0.2, -0.15) is 0 Å². The Labute approximate surface area is 114 Å². The SMILES string of the molecule is CCNc1c(F)cc(C(=O)NCCNC(N)=O)cc1F. The number of rotatable bonds is 6. The number of halogens is 2. The first-order valence-electron chi connectivity index (χ1n) is 6.00. The zero-order chi connectivity index (χ0) is 15.1. The first kappa shape index (κ1) is 15.7. The quantitative estimate of drug-likeness (QED) is 0.582. The van der Waals surface area contributed by atoms with E-state index < -0.39 is 23.6 Å². The molecule has 1 aromatic carbocycles. The van der Waals surface area contributed by atoms with Crippen LogP contribution in [0.2, 0.25) is 0 Å². The minimum atomic E-state index is -0.840. The summed E-state index contributed by atoms with van der Waals surface area (Å²) < 4.78 is 27.2. The molecule has 3 amide bonds. The highest BCUT2D eigenvalue weighted by Gasteiger charge is 2.14. The van der Waals surface area contributed by atoms with Crippen LogP contribution in [0.1, 0.15) is 17.3 Å². The van der Waals surface area contributed by atoms with E-state index >= 15 is 0 Å². The van der Waals surface area contributed by atoms with Crippen LogP contribution >= 0.6 is 0 Å². The summed E-state index contributed by atoms with van der Waals surface area (Å²) in [4.78, 5) is 22.0. The van der Waals surface area contributed by atoms with Crippen LogP contribution in [-0.4, -0.2) is 31.6 Å². The largest absolute Gasteiger partial charge is 0.381 e. The van der Waals surface area contributed by atoms with Crippen molar-refractivity contribution in [1.82, 2.24) is 10.6 Å². The third kappa shape index (κ3) is 4.38. The molecule has 6 nitrogen and oxygen atoms in total. The number of nitrogens with two attached hydrogens (primary N) is 1. The van der Waals surface area contributed by atoms with Crippen LogP contribution < -0.4 is 21.7 Å². The molecule has 0 spiro atoms. The molecule has 110 valence electrons. The Hall–Kier alpha value is -2.38. The lowest BCUT2D eigenvalue weighted by Crippen LogP contribution is -2.37. The molecule has 0 heterocycles. The summed E-state index contributed by atoms with van der Waals surface area (Å²) in [6, 6.07) is 1.17. The zero-order valence-corrected chi connectivity index (χ0v) is 10.9. The molecule has 5 N–H and O–H groups in total. The standard InChI is InChI=1S/C12H16F2N4O2/c1-2-16-10-8(13)5-7(6-9(10)14)11(19)17-3-4-18-12(15)20/h5-6,16H,2-4H2,1H3,(H,17,19)(H3,15,18,20). The van der Waals surface area contributed by atoms with E-state index in [1.165, 1.54) is 0 Å². The molecule has 0 aliphatic heterocycles. The Morgan fingerprint density at radius 1 is 1.15 bits per heavy atom. The molecule has 0 aliphatic rings. The molecule has 0 aromatic heterocycles. The fourth-order valence-corrected chi connectivity index (χ4v) is 1.51. The van der Waals surface area contributed by atoms with Gasteiger partial charge in [0.15, 0.2) is 0 Å². The lowest BCUT2D eigenvalue weighted by Gasteiger charge is -2.09. The van der Waals surface area contributed by atoms with Gasteiger partial charge >= 0.3 is 6.03 Å². The van der Waals surface area contributed by atoms with E-state index in [1.54, 1.807) is 6.92 Å². The van der Waals surface area contributed by atoms with Gasteiger partial charge < -0.3 is 21.7 Å². The predicted octanol–water partition coefficient (Wildman–Crippen LogP) is 0.795. The molecule has 1 rings (SSSR count). The maximum atomic E-state index is 13.6. The summed E-state index contributed by atoms with van der Waals surface area (Å²) in [5, 5.41) is 7.20. The van der Waals surface area contributed by atoms with Gasteiger partial charge in [-0.25, -0.2) is 13.6 Å². The molecule has 0 unspecified atom stereocenters. The van der Waals surface area contributed by atoms with E-state index in [9.17, 15) is 18.4 Å². The van der Waals surface area contributed by atoms with Crippen molar-refractivity contribution in [3.63, 3.8) is 0 Å². The van der Waals surface area contributed by atoms with Crippen molar-refractivity contribution >= 4 is 17.6 Å². The number of amides is 3. The van der Waals surface area contributed by atoms with Gasteiger partial charge in [0.1, 0.15) is 17.3 Å². The molecule has 0 fully saturated rings. The molecule has 0 atom stereocenters. The Balaban J connectivity index is 2.67. The maximum Gasteiger partial charge on any atom is 0.312 e. The Morgan fingerprint density at radius 3 is 2.20 bits per heavy atom. The summed E-state index contributed by atoms with van der Waals surface area (Å²) in [6.45, 7) is 2.28. The highest BCUT2D eigenvalue weighted by atomic mass is 19.1. The van der Waals surface area contributed by atoms with Gasteiger partial charge in [0, 0.05) is 25.2 Å². The van der Waals surface area contributed by atoms with E-state index in [-0.39, 0.29) is 24.3 Å². The van der Waals surface area contributed by atoms with Crippen molar-refractivity contribution in [2.24, 2.45) is 5.73 Å². The molecule has 20 heavy (non-hydrogen) atoms. The molecule has 1 aromatic rings. The van der Waals surface area contributed by atoms with Gasteiger partial charge in [0.05, 0.1) is 0 Å². The number of primary amides is 1. The number of anilines is 1. The van der Waals surface area contributed by atoms with Gasteiger partial charge in [-0.05, 0) is 19.1 Å². The van der Waals surface area contributed by atoms with E-state index in [0.29, 0.717) is 6.54 Å². The van der Waals surface area contributed by atoms with Crippen molar-refractivity contribution in [3.8, 4) is 0 Å². The van der Waals surface area contributed by atoms with Crippen LogP contribution in [-0.2, 0) is 0 Å². The van der Waals surface area contributed by atoms with E-state index in [0.717, 1.165) is 12.1 Å². The summed E-state index contributed by atoms with van der Waals surface area (Å²) >= 11 is 0. The molecule has 0 radical (unpaired) electrons. The Kier molecular flexibility index (Phi) is 5.70. The van der Waals surface area contributed by atoms with Gasteiger partial charge in [-0.15, -0.1) is 0 Å². The van der Waals surface area contributed by atoms with Gasteiger partial charge in [0.25, 0.3) is 5.91 Å². The van der Waals surface area contributed by atoms with Crippen LogP contribution in [0.5, 0.6) is 0 Å². The summed E-state index contributed by atoms with van der Waals surface area (Å²) in [5.41, 5.74) is 4.43. The number of carbonyl (C=O) groups is 2. The predicted molar refractivity (Wildman–Crippen MR) is 70.4 cm³/mol. The number of urea groups is 1. The molecular formula is C12H16F2N4O2. The molecule has 8 heteroatoms. The maximum absolute atomic E-state index is 13.6. The Morgan fingerprint density at radius 2 is 1.70 bits per heavy atom. The van der Waals surface area contributed by atoms with Crippen LogP contribution in [0, 0.1) is 11.6 Å². The lowest BCUT2D eigenvalue weighted by atomic mass is 10.1. The lowest BCUT2D eigenvalue weighted by molar-refractivity contribution is 0.0953. The number of hydrogen-bond acceptors (Lipinski definition) is 3. The average molecular weight is 286 g/mol. The first-order chi connectivity index (χ1) is 9.45. The smallest absolute Gasteiger partial charge is 0.312 e. The monoisotopic (exact) mass is 286 g/mol. The number of hydrogen-bond donors (Lipinski definition) is 4. The van der Waals surface area contributed by atoms with Gasteiger partial charge in [-0.3, -0.25) is 4.79 Å². The van der Waals surface area contributed by atoms with E-state index in [1.807, 2.05) is 0 Å². The van der Waals surface area contributed by atoms with Crippen molar-refractivity contribution in [3.05, 3.63) is 29.3 Å². The van der Waals surface area contributed by atoms with Crippen molar-refractivity contribution in [1.29, 1.82) is 0 Å². The number of carbonyl (C=O) groups excluding carboxylic acids is 2. The summed E-state index contributed by atoms with van der Waals surface area (Å²) in [5.74, 6) is -2.32. The second-order valence-electron chi connectivity index (χ2n) is 3.89. The summed E-state index contributed by atoms with van der Waals surface area (Å²) in [6.07, 6.45) is 0. The Bertz CT molecular complexity index is 485. The highest BCUT2D eigenvalue weighted by molar-refractivity contribution is 5.94. The normalized spacial score (nSPS) is 9.95. The van der Waals surface area contributed by atoms with Crippen molar-refractivity contribution in [2.75, 3.05) is 25.0 Å². The number of benzene rings is 1. The van der Waals surface area contributed by atoms with Gasteiger partial charge in [0.2, 0.25) is 0 Å². The van der Waals surface area contributed by atoms with Gasteiger partial charge in [-0.1, -0.05) is 0 Å². The molecule has 0 aliphatic carbocycles. The fraction of sp³-hybridized carbons (Fsp3) is 0.333. The first-order valence-corrected chi connectivity index (χ1v) is 6.00. The fourth-order valence-electron chi connectivity index (χ4n) is 1.51. The average Bonchev–Trinajstić information content (AvgIpc) is 2.38. The highest BCUT2D eigenvalue weighted by Crippen LogP contribution is 2.20. The van der Waals surface area contributed by atoms with Crippen LogP contribution in [0.15, 0.2) is 12.1 Å². The zero-order valence-electron chi connectivity index (χ0n) is 10.9. The molecule has 0 saturated heterocycles. The third-order valence-corrected chi connectivity index (χ3v) is 2.37. The molecular weight excluding hydrogens is 270 g/mol. The number of nitrogens with one attached hydrogen (secondary N) is 3. The molecule has 0 saturated carbocycles. The van der Waals surface area contributed by atoms with Crippen LogP contribution in [0.4, 0.5) is 19.3 Å². The third-order valence-electron chi connectivity index (χ3n) is 2.37. The second-order valence-corrected chi connectivity index (χ2v) is 3.89.